The number of ether oxygens (including phenoxy) is 2. The molecule has 0 radical (unpaired) electrons. The van der Waals surface area contributed by atoms with Crippen molar-refractivity contribution >= 4 is 23.4 Å². The van der Waals surface area contributed by atoms with Crippen molar-refractivity contribution in [2.24, 2.45) is 0 Å². The lowest BCUT2D eigenvalue weighted by Crippen LogP contribution is -2.25. The first kappa shape index (κ1) is 18.8. The van der Waals surface area contributed by atoms with Crippen LogP contribution in [0.5, 0.6) is 0 Å². The van der Waals surface area contributed by atoms with Gasteiger partial charge in [-0.05, 0) is 38.1 Å². The largest absolute Gasteiger partial charge is 0.382 e. The van der Waals surface area contributed by atoms with Crippen molar-refractivity contribution in [1.29, 1.82) is 0 Å². The summed E-state index contributed by atoms with van der Waals surface area (Å²) in [4.78, 5) is 1.20. The van der Waals surface area contributed by atoms with Gasteiger partial charge in [0, 0.05) is 22.8 Å². The predicted octanol–water partition coefficient (Wildman–Crippen LogP) is 4.90. The molecule has 0 fully saturated rings. The molecule has 0 aliphatic heterocycles. The Balaban J connectivity index is 0.00000154. The Morgan fingerprint density at radius 1 is 1.16 bits per heavy atom. The Bertz CT molecular complexity index is 314. The van der Waals surface area contributed by atoms with E-state index in [1.54, 1.807) is 18.9 Å². The highest BCUT2D eigenvalue weighted by Crippen LogP contribution is 2.22. The van der Waals surface area contributed by atoms with Gasteiger partial charge in [-0.25, -0.2) is 0 Å². The van der Waals surface area contributed by atoms with E-state index in [2.05, 4.69) is 0 Å². The number of thioether (sulfide) groups is 1. The van der Waals surface area contributed by atoms with E-state index in [1.165, 1.54) is 4.90 Å². The van der Waals surface area contributed by atoms with Crippen LogP contribution in [-0.2, 0) is 9.47 Å². The molecule has 1 rings (SSSR count). The summed E-state index contributed by atoms with van der Waals surface area (Å²) in [5.41, 5.74) is 0. The van der Waals surface area contributed by atoms with E-state index in [9.17, 15) is 0 Å². The second-order valence-electron chi connectivity index (χ2n) is 4.03. The highest BCUT2D eigenvalue weighted by atomic mass is 35.5. The molecule has 0 N–H and O–H groups in total. The van der Waals surface area contributed by atoms with Crippen molar-refractivity contribution in [3.8, 4) is 0 Å². The van der Waals surface area contributed by atoms with Crippen LogP contribution >= 0.6 is 23.4 Å². The maximum atomic E-state index is 5.84. The number of rotatable bonds is 7. The van der Waals surface area contributed by atoms with Crippen LogP contribution in [0.3, 0.4) is 0 Å². The standard InChI is InChI=1S/C13H19ClO2S.C2H6/c1-10(2)16-12(8-15-3)9-17-13-6-4-11(14)5-7-13;1-2/h4-7,10,12H,8-9H2,1-3H3;1-2H3. The summed E-state index contributed by atoms with van der Waals surface area (Å²) < 4.78 is 10.9. The molecule has 1 aromatic carbocycles. The van der Waals surface area contributed by atoms with Gasteiger partial charge in [0.1, 0.15) is 0 Å². The summed E-state index contributed by atoms with van der Waals surface area (Å²) >= 11 is 7.59. The topological polar surface area (TPSA) is 18.5 Å². The number of halogens is 1. The van der Waals surface area contributed by atoms with Crippen molar-refractivity contribution in [1.82, 2.24) is 0 Å². The summed E-state index contributed by atoms with van der Waals surface area (Å²) in [6, 6.07) is 7.84. The average molecular weight is 305 g/mol. The summed E-state index contributed by atoms with van der Waals surface area (Å²) in [6.45, 7) is 8.70. The molecule has 0 aliphatic carbocycles. The number of hydrogen-bond donors (Lipinski definition) is 0. The zero-order valence-corrected chi connectivity index (χ0v) is 14.1. The van der Waals surface area contributed by atoms with E-state index in [0.717, 1.165) is 10.8 Å². The minimum atomic E-state index is 0.126. The van der Waals surface area contributed by atoms with Gasteiger partial charge in [-0.2, -0.15) is 0 Å². The average Bonchev–Trinajstić information content (AvgIpc) is 2.40. The van der Waals surface area contributed by atoms with Crippen molar-refractivity contribution in [2.75, 3.05) is 19.5 Å². The van der Waals surface area contributed by atoms with Gasteiger partial charge in [0.25, 0.3) is 0 Å². The quantitative estimate of drug-likeness (QED) is 0.668. The van der Waals surface area contributed by atoms with Crippen LogP contribution < -0.4 is 0 Å². The Kier molecular flexibility index (Phi) is 11.5. The van der Waals surface area contributed by atoms with Crippen LogP contribution in [0.15, 0.2) is 29.2 Å². The Labute approximate surface area is 126 Å². The molecule has 0 bridgehead atoms. The van der Waals surface area contributed by atoms with Gasteiger partial charge in [0.2, 0.25) is 0 Å². The van der Waals surface area contributed by atoms with E-state index in [1.807, 2.05) is 52.0 Å². The smallest absolute Gasteiger partial charge is 0.0905 e. The molecule has 0 amide bonds. The second-order valence-corrected chi connectivity index (χ2v) is 5.56. The SMILES string of the molecule is CC.COCC(CSc1ccc(Cl)cc1)OC(C)C. The summed E-state index contributed by atoms with van der Waals surface area (Å²) in [6.07, 6.45) is 0.349. The van der Waals surface area contributed by atoms with Gasteiger partial charge in [-0.3, -0.25) is 0 Å². The first-order valence-electron chi connectivity index (χ1n) is 6.64. The zero-order valence-electron chi connectivity index (χ0n) is 12.5. The molecule has 0 aromatic heterocycles. The van der Waals surface area contributed by atoms with E-state index in [-0.39, 0.29) is 12.2 Å². The number of methoxy groups -OCH3 is 1. The van der Waals surface area contributed by atoms with Crippen LogP contribution in [0.25, 0.3) is 0 Å². The molecule has 1 atom stereocenters. The fourth-order valence-corrected chi connectivity index (χ4v) is 2.43. The molecule has 0 heterocycles. The fraction of sp³-hybridized carbons (Fsp3) is 0.600. The third kappa shape index (κ3) is 9.33. The van der Waals surface area contributed by atoms with Crippen LogP contribution in [0.1, 0.15) is 27.7 Å². The first-order chi connectivity index (χ1) is 9.11. The molecular formula is C15H25ClO2S. The van der Waals surface area contributed by atoms with E-state index in [4.69, 9.17) is 21.1 Å². The van der Waals surface area contributed by atoms with Gasteiger partial charge in [-0.1, -0.05) is 25.4 Å². The highest BCUT2D eigenvalue weighted by molar-refractivity contribution is 7.99. The molecule has 0 saturated carbocycles. The summed E-state index contributed by atoms with van der Waals surface area (Å²) in [5, 5.41) is 0.765. The monoisotopic (exact) mass is 304 g/mol. The van der Waals surface area contributed by atoms with Crippen LogP contribution in [0, 0.1) is 0 Å². The molecule has 110 valence electrons. The van der Waals surface area contributed by atoms with E-state index >= 15 is 0 Å². The van der Waals surface area contributed by atoms with Crippen LogP contribution in [0.2, 0.25) is 5.02 Å². The Morgan fingerprint density at radius 3 is 2.21 bits per heavy atom. The van der Waals surface area contributed by atoms with Crippen molar-refractivity contribution < 1.29 is 9.47 Å². The maximum Gasteiger partial charge on any atom is 0.0905 e. The molecule has 0 saturated heterocycles. The fourth-order valence-electron chi connectivity index (χ4n) is 1.42. The molecule has 0 spiro atoms. The van der Waals surface area contributed by atoms with Gasteiger partial charge in [0.05, 0.1) is 18.8 Å². The summed E-state index contributed by atoms with van der Waals surface area (Å²) in [5.74, 6) is 0.883. The van der Waals surface area contributed by atoms with Crippen LogP contribution in [-0.4, -0.2) is 31.7 Å². The van der Waals surface area contributed by atoms with Crippen LogP contribution in [0.4, 0.5) is 0 Å². The van der Waals surface area contributed by atoms with Crippen molar-refractivity contribution in [2.45, 2.75) is 44.8 Å². The molecular weight excluding hydrogens is 280 g/mol. The number of hydrogen-bond acceptors (Lipinski definition) is 3. The first-order valence-corrected chi connectivity index (χ1v) is 8.01. The van der Waals surface area contributed by atoms with Gasteiger partial charge in [-0.15, -0.1) is 11.8 Å². The van der Waals surface area contributed by atoms with Gasteiger partial charge in [0.15, 0.2) is 0 Å². The lowest BCUT2D eigenvalue weighted by atomic mass is 10.4. The highest BCUT2D eigenvalue weighted by Gasteiger charge is 2.11. The lowest BCUT2D eigenvalue weighted by Gasteiger charge is -2.19. The molecule has 19 heavy (non-hydrogen) atoms. The van der Waals surface area contributed by atoms with E-state index in [0.29, 0.717) is 6.61 Å². The second kappa shape index (κ2) is 11.6. The van der Waals surface area contributed by atoms with Crippen molar-refractivity contribution in [3.63, 3.8) is 0 Å². The minimum Gasteiger partial charge on any atom is -0.382 e. The molecule has 2 nitrogen and oxygen atoms in total. The lowest BCUT2D eigenvalue weighted by molar-refractivity contribution is -0.0207. The normalized spacial score (nSPS) is 11.9. The van der Waals surface area contributed by atoms with Gasteiger partial charge < -0.3 is 9.47 Å². The van der Waals surface area contributed by atoms with E-state index < -0.39 is 0 Å². The third-order valence-corrected chi connectivity index (χ3v) is 3.46. The minimum absolute atomic E-state index is 0.126. The predicted molar refractivity (Wildman–Crippen MR) is 85.4 cm³/mol. The third-order valence-electron chi connectivity index (χ3n) is 2.07. The Hall–Kier alpha value is -0.220. The zero-order chi connectivity index (χ0) is 14.7. The van der Waals surface area contributed by atoms with Crippen molar-refractivity contribution in [3.05, 3.63) is 29.3 Å². The molecule has 0 aliphatic rings. The molecule has 4 heteroatoms. The molecule has 1 unspecified atom stereocenters. The number of benzene rings is 1. The maximum absolute atomic E-state index is 5.84. The Morgan fingerprint density at radius 2 is 1.74 bits per heavy atom. The summed E-state index contributed by atoms with van der Waals surface area (Å²) in [7, 11) is 1.70. The molecule has 1 aromatic rings. The van der Waals surface area contributed by atoms with Gasteiger partial charge >= 0.3 is 0 Å².